The molecule has 3 aromatic carbocycles. The molecule has 176 valence electrons. The molecule has 1 atom stereocenters. The number of benzene rings is 3. The average molecular weight is 460 g/mol. The van der Waals surface area contributed by atoms with E-state index in [1.54, 1.807) is 6.07 Å². The predicted molar refractivity (Wildman–Crippen MR) is 134 cm³/mol. The molecule has 7 heteroatoms. The second-order valence-corrected chi connectivity index (χ2v) is 8.67. The van der Waals surface area contributed by atoms with E-state index >= 15 is 0 Å². The Morgan fingerprint density at radius 3 is 2.65 bits per heavy atom. The van der Waals surface area contributed by atoms with Gasteiger partial charge in [0.2, 0.25) is 0 Å². The maximum absolute atomic E-state index is 12.0. The van der Waals surface area contributed by atoms with Crippen molar-refractivity contribution in [3.63, 3.8) is 0 Å². The normalized spacial score (nSPS) is 16.3. The van der Waals surface area contributed by atoms with Gasteiger partial charge in [-0.25, -0.2) is 0 Å². The quantitative estimate of drug-likeness (QED) is 0.405. The number of aliphatic hydroxyl groups excluding tert-OH is 1. The molecule has 0 aliphatic carbocycles. The van der Waals surface area contributed by atoms with Crippen LogP contribution in [-0.2, 0) is 4.74 Å². The van der Waals surface area contributed by atoms with Crippen molar-refractivity contribution in [2.45, 2.75) is 13.0 Å². The number of aromatic amines is 1. The number of rotatable bonds is 4. The van der Waals surface area contributed by atoms with Gasteiger partial charge in [-0.1, -0.05) is 29.8 Å². The van der Waals surface area contributed by atoms with E-state index in [-0.39, 0.29) is 12.7 Å². The second-order valence-electron chi connectivity index (χ2n) is 8.67. The fraction of sp³-hybridized carbons (Fsp3) is 0.259. The van der Waals surface area contributed by atoms with E-state index in [0.717, 1.165) is 59.0 Å². The van der Waals surface area contributed by atoms with E-state index in [1.165, 1.54) is 0 Å². The minimum atomic E-state index is -0.485. The van der Waals surface area contributed by atoms with Crippen LogP contribution < -0.4 is 5.73 Å². The lowest BCUT2D eigenvalue weighted by molar-refractivity contribution is -0.0453. The number of aliphatic hydroxyl groups is 1. The zero-order chi connectivity index (χ0) is 24.2. The number of hydrogen-bond acceptors (Lipinski definition) is 5. The molecule has 4 N–H and O–H groups in total. The highest BCUT2D eigenvalue weighted by atomic mass is 16.5. The number of carbonyl (C=O) groups excluding carboxylic acids is 2. The third-order valence-electron chi connectivity index (χ3n) is 6.03. The van der Waals surface area contributed by atoms with Crippen LogP contribution in [0.15, 0.2) is 54.6 Å². The lowest BCUT2D eigenvalue weighted by Gasteiger charge is -2.28. The summed E-state index contributed by atoms with van der Waals surface area (Å²) in [7, 11) is 2.03. The lowest BCUT2D eigenvalue weighted by Crippen LogP contribution is -2.41. The van der Waals surface area contributed by atoms with Crippen molar-refractivity contribution in [2.75, 3.05) is 33.4 Å². The Labute approximate surface area is 198 Å². The first-order valence-corrected chi connectivity index (χ1v) is 11.2. The van der Waals surface area contributed by atoms with E-state index in [0.29, 0.717) is 16.6 Å². The highest BCUT2D eigenvalue weighted by molar-refractivity contribution is 6.16. The molecule has 5 rings (SSSR count). The summed E-state index contributed by atoms with van der Waals surface area (Å²) in [6, 6.07) is 17.3. The maximum Gasteiger partial charge on any atom is 0.250 e. The molecule has 1 aliphatic rings. The second kappa shape index (κ2) is 10.2. The molecule has 1 unspecified atom stereocenters. The molecule has 0 bridgehead atoms. The summed E-state index contributed by atoms with van der Waals surface area (Å²) in [5.74, 6) is -0.485. The number of ether oxygens (including phenoxy) is 1. The van der Waals surface area contributed by atoms with E-state index < -0.39 is 5.91 Å². The molecule has 34 heavy (non-hydrogen) atoms. The molecule has 0 spiro atoms. The Morgan fingerprint density at radius 1 is 1.18 bits per heavy atom. The van der Waals surface area contributed by atoms with Crippen LogP contribution in [-0.4, -0.2) is 66.6 Å². The molecule has 2 heterocycles. The highest BCUT2D eigenvalue weighted by Crippen LogP contribution is 2.33. The standard InChI is InChI=1S/C21H16N2O2.C6H13NO2/c1-12-3-2-4-14(7-12)15-9-17-16-8-13(11-24)5-6-19(16)23-20(17)18(10-15)21(22)25;1-7-2-3-9-6(4-7)5-8/h2-11,23H,1H3,(H2,22,25);6,8H,2-5H2,1H3. The van der Waals surface area contributed by atoms with Crippen molar-refractivity contribution in [3.8, 4) is 11.1 Å². The number of nitrogens with one attached hydrogen (secondary N) is 1. The molecule has 1 aliphatic heterocycles. The van der Waals surface area contributed by atoms with Gasteiger partial charge in [0.15, 0.2) is 0 Å². The zero-order valence-corrected chi connectivity index (χ0v) is 19.4. The number of hydrogen-bond donors (Lipinski definition) is 3. The molecule has 4 aromatic rings. The van der Waals surface area contributed by atoms with Gasteiger partial charge in [0.1, 0.15) is 6.29 Å². The monoisotopic (exact) mass is 459 g/mol. The van der Waals surface area contributed by atoms with Crippen LogP contribution in [0.4, 0.5) is 0 Å². The van der Waals surface area contributed by atoms with Crippen LogP contribution in [0.5, 0.6) is 0 Å². The van der Waals surface area contributed by atoms with Crippen molar-refractivity contribution >= 4 is 34.0 Å². The van der Waals surface area contributed by atoms with Crippen LogP contribution in [0.1, 0.15) is 26.3 Å². The number of fused-ring (bicyclic) bond motifs is 3. The van der Waals surface area contributed by atoms with Gasteiger partial charge in [0.25, 0.3) is 5.91 Å². The van der Waals surface area contributed by atoms with Crippen LogP contribution >= 0.6 is 0 Å². The predicted octanol–water partition coefficient (Wildman–Crippen LogP) is 3.52. The van der Waals surface area contributed by atoms with Crippen molar-refractivity contribution in [3.05, 3.63) is 71.3 Å². The molecule has 7 nitrogen and oxygen atoms in total. The molecular weight excluding hydrogens is 430 g/mol. The number of nitrogens with two attached hydrogens (primary N) is 1. The summed E-state index contributed by atoms with van der Waals surface area (Å²) >= 11 is 0. The van der Waals surface area contributed by atoms with E-state index in [4.69, 9.17) is 15.6 Å². The van der Waals surface area contributed by atoms with Gasteiger partial charge < -0.3 is 25.5 Å². The molecule has 1 aromatic heterocycles. The summed E-state index contributed by atoms with van der Waals surface area (Å²) in [5.41, 5.74) is 11.3. The summed E-state index contributed by atoms with van der Waals surface area (Å²) in [6.45, 7) is 4.76. The minimum Gasteiger partial charge on any atom is -0.394 e. The van der Waals surface area contributed by atoms with E-state index in [2.05, 4.69) is 16.0 Å². The largest absolute Gasteiger partial charge is 0.394 e. The third kappa shape index (κ3) is 5.02. The number of amides is 1. The van der Waals surface area contributed by atoms with Crippen LogP contribution in [0.2, 0.25) is 0 Å². The first-order chi connectivity index (χ1) is 16.4. The molecule has 0 radical (unpaired) electrons. The van der Waals surface area contributed by atoms with Gasteiger partial charge in [-0.3, -0.25) is 9.59 Å². The van der Waals surface area contributed by atoms with Gasteiger partial charge in [-0.05, 0) is 55.4 Å². The van der Waals surface area contributed by atoms with Gasteiger partial charge in [-0.15, -0.1) is 0 Å². The number of aldehydes is 1. The van der Waals surface area contributed by atoms with Crippen molar-refractivity contribution in [2.24, 2.45) is 5.73 Å². The average Bonchev–Trinajstić information content (AvgIpc) is 3.21. The topological polar surface area (TPSA) is 109 Å². The van der Waals surface area contributed by atoms with Gasteiger partial charge >= 0.3 is 0 Å². The first kappa shape index (κ1) is 23.6. The fourth-order valence-corrected chi connectivity index (χ4v) is 4.25. The number of morpholine rings is 1. The Balaban J connectivity index is 0.000000257. The Morgan fingerprint density at radius 2 is 2.00 bits per heavy atom. The molecule has 1 saturated heterocycles. The zero-order valence-electron chi connectivity index (χ0n) is 19.4. The number of likely N-dealkylation sites (N-methyl/N-ethyl adjacent to an activating group) is 1. The fourth-order valence-electron chi connectivity index (χ4n) is 4.25. The molecule has 1 fully saturated rings. The number of primary amides is 1. The molecular formula is C27H29N3O4. The van der Waals surface area contributed by atoms with Gasteiger partial charge in [0, 0.05) is 34.9 Å². The number of aryl methyl sites for hydroxylation is 1. The Hall–Kier alpha value is -3.52. The van der Waals surface area contributed by atoms with Crippen molar-refractivity contribution < 1.29 is 19.4 Å². The van der Waals surface area contributed by atoms with Crippen LogP contribution in [0, 0.1) is 6.92 Å². The van der Waals surface area contributed by atoms with Gasteiger partial charge in [-0.2, -0.15) is 0 Å². The number of H-pyrrole nitrogens is 1. The van der Waals surface area contributed by atoms with Crippen molar-refractivity contribution in [1.82, 2.24) is 9.88 Å². The number of carbonyl (C=O) groups is 2. The number of nitrogens with zero attached hydrogens (tertiary/aromatic N) is 1. The minimum absolute atomic E-state index is 0.0451. The van der Waals surface area contributed by atoms with E-state index in [1.807, 2.05) is 56.4 Å². The summed E-state index contributed by atoms with van der Waals surface area (Å²) in [4.78, 5) is 28.5. The molecule has 1 amide bonds. The number of aromatic nitrogens is 1. The first-order valence-electron chi connectivity index (χ1n) is 11.2. The van der Waals surface area contributed by atoms with E-state index in [9.17, 15) is 9.59 Å². The third-order valence-corrected chi connectivity index (χ3v) is 6.03. The highest BCUT2D eigenvalue weighted by Gasteiger charge is 2.16. The Bertz CT molecular complexity index is 1340. The summed E-state index contributed by atoms with van der Waals surface area (Å²) < 4.78 is 5.21. The van der Waals surface area contributed by atoms with Crippen LogP contribution in [0.3, 0.4) is 0 Å². The van der Waals surface area contributed by atoms with Crippen LogP contribution in [0.25, 0.3) is 32.9 Å². The Kier molecular flexibility index (Phi) is 7.07. The SMILES string of the molecule is CN1CCOC(CO)C1.Cc1cccc(-c2cc(C(N)=O)c3[nH]c4ccc(C=O)cc4c3c2)c1. The summed E-state index contributed by atoms with van der Waals surface area (Å²) in [6.07, 6.45) is 0.862. The maximum atomic E-state index is 12.0. The summed E-state index contributed by atoms with van der Waals surface area (Å²) in [5, 5.41) is 10.4. The molecule has 0 saturated carbocycles. The van der Waals surface area contributed by atoms with Gasteiger partial charge in [0.05, 0.1) is 30.4 Å². The lowest BCUT2D eigenvalue weighted by atomic mass is 9.97. The smallest absolute Gasteiger partial charge is 0.250 e. The van der Waals surface area contributed by atoms with Crippen molar-refractivity contribution in [1.29, 1.82) is 0 Å².